The minimum atomic E-state index is -0.488. The highest BCUT2D eigenvalue weighted by Gasteiger charge is 2.62. The molecule has 0 unspecified atom stereocenters. The molecule has 1 aromatic rings. The number of aromatic nitrogens is 1. The maximum Gasteiger partial charge on any atom is 0.410 e. The molecule has 3 aliphatic rings. The van der Waals surface area contributed by atoms with Gasteiger partial charge in [0.1, 0.15) is 11.3 Å². The Morgan fingerprint density at radius 3 is 2.92 bits per heavy atom. The van der Waals surface area contributed by atoms with Crippen molar-refractivity contribution in [3.8, 4) is 0 Å². The molecule has 1 aromatic heterocycles. The van der Waals surface area contributed by atoms with Crippen LogP contribution in [0.5, 0.6) is 0 Å². The largest absolute Gasteiger partial charge is 0.444 e. The first-order valence-electron chi connectivity index (χ1n) is 8.56. The average Bonchev–Trinajstić information content (AvgIpc) is 3.19. The molecule has 128 valence electrons. The summed E-state index contributed by atoms with van der Waals surface area (Å²) in [6, 6.07) is 5.99. The van der Waals surface area contributed by atoms with E-state index in [-0.39, 0.29) is 18.2 Å². The summed E-state index contributed by atoms with van der Waals surface area (Å²) in [6.07, 6.45) is 4.99. The Hall–Kier alpha value is -2.11. The first kappa shape index (κ1) is 15.4. The van der Waals surface area contributed by atoms with Crippen molar-refractivity contribution in [3.63, 3.8) is 0 Å². The molecule has 3 aliphatic heterocycles. The molecule has 24 heavy (non-hydrogen) atoms. The van der Waals surface area contributed by atoms with Gasteiger partial charge >= 0.3 is 6.09 Å². The third kappa shape index (κ3) is 2.44. The van der Waals surface area contributed by atoms with Crippen molar-refractivity contribution in [2.75, 3.05) is 0 Å². The molecule has 6 heteroatoms. The number of amides is 1. The van der Waals surface area contributed by atoms with Gasteiger partial charge in [-0.1, -0.05) is 11.2 Å². The Morgan fingerprint density at radius 2 is 2.21 bits per heavy atom. The number of rotatable bonds is 1. The minimum Gasteiger partial charge on any atom is -0.444 e. The average molecular weight is 329 g/mol. The fourth-order valence-electron chi connectivity index (χ4n) is 4.18. The van der Waals surface area contributed by atoms with Gasteiger partial charge in [-0.25, -0.2) is 4.79 Å². The zero-order valence-electron chi connectivity index (χ0n) is 14.4. The first-order valence-corrected chi connectivity index (χ1v) is 8.56. The summed E-state index contributed by atoms with van der Waals surface area (Å²) in [4.78, 5) is 24.8. The Labute approximate surface area is 141 Å². The highest BCUT2D eigenvalue weighted by Crippen LogP contribution is 2.51. The quantitative estimate of drug-likeness (QED) is 0.794. The van der Waals surface area contributed by atoms with Crippen LogP contribution in [0.1, 0.15) is 52.1 Å². The van der Waals surface area contributed by atoms with E-state index >= 15 is 0 Å². The number of pyridine rings is 1. The summed E-state index contributed by atoms with van der Waals surface area (Å²) in [5.74, 6) is 0. The van der Waals surface area contributed by atoms with Gasteiger partial charge in [0.05, 0.1) is 11.7 Å². The molecule has 2 saturated heterocycles. The molecule has 1 amide bonds. The van der Waals surface area contributed by atoms with Crippen molar-refractivity contribution in [2.45, 2.75) is 69.7 Å². The lowest BCUT2D eigenvalue weighted by atomic mass is 9.81. The van der Waals surface area contributed by atoms with Crippen LogP contribution >= 0.6 is 0 Å². The zero-order valence-corrected chi connectivity index (χ0v) is 14.4. The number of hydrogen-bond donors (Lipinski definition) is 0. The van der Waals surface area contributed by atoms with Crippen molar-refractivity contribution >= 4 is 11.8 Å². The van der Waals surface area contributed by atoms with Crippen LogP contribution in [0.15, 0.2) is 29.6 Å². The normalized spacial score (nSPS) is 31.3. The lowest BCUT2D eigenvalue weighted by Gasteiger charge is -2.31. The van der Waals surface area contributed by atoms with Gasteiger partial charge in [0.15, 0.2) is 5.60 Å². The molecule has 2 fully saturated rings. The van der Waals surface area contributed by atoms with Crippen LogP contribution < -0.4 is 0 Å². The van der Waals surface area contributed by atoms with Gasteiger partial charge < -0.3 is 9.57 Å². The lowest BCUT2D eigenvalue weighted by Crippen LogP contribution is -2.46. The maximum atomic E-state index is 12.6. The fraction of sp³-hybridized carbons (Fsp3) is 0.611. The van der Waals surface area contributed by atoms with Gasteiger partial charge in [-0.05, 0) is 45.7 Å². The third-order valence-electron chi connectivity index (χ3n) is 5.06. The van der Waals surface area contributed by atoms with Crippen molar-refractivity contribution in [3.05, 3.63) is 30.1 Å². The summed E-state index contributed by atoms with van der Waals surface area (Å²) >= 11 is 0. The van der Waals surface area contributed by atoms with Gasteiger partial charge in [0.2, 0.25) is 0 Å². The van der Waals surface area contributed by atoms with Crippen LogP contribution in [0.2, 0.25) is 0 Å². The number of oxime groups is 1. The van der Waals surface area contributed by atoms with Gasteiger partial charge in [0, 0.05) is 25.1 Å². The van der Waals surface area contributed by atoms with E-state index < -0.39 is 11.2 Å². The molecule has 3 atom stereocenters. The highest BCUT2D eigenvalue weighted by molar-refractivity contribution is 6.00. The molecular formula is C18H23N3O3. The Kier molecular flexibility index (Phi) is 3.34. The van der Waals surface area contributed by atoms with Crippen molar-refractivity contribution < 1.29 is 14.4 Å². The second-order valence-electron chi connectivity index (χ2n) is 7.92. The van der Waals surface area contributed by atoms with Crippen molar-refractivity contribution in [1.82, 2.24) is 9.88 Å². The molecule has 0 aliphatic carbocycles. The van der Waals surface area contributed by atoms with Gasteiger partial charge in [0.25, 0.3) is 0 Å². The standard InChI is InChI=1S/C18H23N3O3/c1-17(2,3)23-16(22)21-12-7-8-15(21)18(10-12)11-14(20-24-18)13-6-4-5-9-19-13/h4-6,9,12,15H,7-8,10-11H2,1-3H3/t12-,15+,18+/m0/s1. The van der Waals surface area contributed by atoms with E-state index in [0.29, 0.717) is 6.42 Å². The van der Waals surface area contributed by atoms with E-state index in [4.69, 9.17) is 9.57 Å². The number of ether oxygens (including phenoxy) is 1. The smallest absolute Gasteiger partial charge is 0.410 e. The lowest BCUT2D eigenvalue weighted by molar-refractivity contribution is -0.0489. The van der Waals surface area contributed by atoms with E-state index in [1.165, 1.54) is 0 Å². The van der Waals surface area contributed by atoms with Crippen LogP contribution in [-0.4, -0.2) is 45.0 Å². The molecule has 0 radical (unpaired) electrons. The van der Waals surface area contributed by atoms with E-state index in [1.54, 1.807) is 6.20 Å². The molecule has 2 bridgehead atoms. The summed E-state index contributed by atoms with van der Waals surface area (Å²) in [5, 5.41) is 4.30. The molecule has 0 N–H and O–H groups in total. The van der Waals surface area contributed by atoms with Gasteiger partial charge in [-0.3, -0.25) is 9.88 Å². The van der Waals surface area contributed by atoms with E-state index in [1.807, 2.05) is 43.9 Å². The predicted molar refractivity (Wildman–Crippen MR) is 88.7 cm³/mol. The zero-order chi connectivity index (χ0) is 16.9. The van der Waals surface area contributed by atoms with E-state index in [9.17, 15) is 4.79 Å². The number of fused-ring (bicyclic) bond motifs is 3. The Bertz CT molecular complexity index is 682. The highest BCUT2D eigenvalue weighted by atomic mass is 16.7. The van der Waals surface area contributed by atoms with Crippen LogP contribution in [0.3, 0.4) is 0 Å². The topological polar surface area (TPSA) is 64.0 Å². The third-order valence-corrected chi connectivity index (χ3v) is 5.06. The summed E-state index contributed by atoms with van der Waals surface area (Å²) < 4.78 is 5.60. The second kappa shape index (κ2) is 5.19. The SMILES string of the molecule is CC(C)(C)OC(=O)N1[C@H]2CC[C@@H]1[C@]1(CC(c3ccccn3)=NO1)C2. The van der Waals surface area contributed by atoms with Gasteiger partial charge in [-0.2, -0.15) is 0 Å². The number of carbonyl (C=O) groups excluding carboxylic acids is 1. The maximum absolute atomic E-state index is 12.6. The summed E-state index contributed by atoms with van der Waals surface area (Å²) in [6.45, 7) is 5.69. The van der Waals surface area contributed by atoms with Gasteiger partial charge in [-0.15, -0.1) is 0 Å². The van der Waals surface area contributed by atoms with E-state index in [0.717, 1.165) is 30.7 Å². The molecule has 4 heterocycles. The molecular weight excluding hydrogens is 306 g/mol. The monoisotopic (exact) mass is 329 g/mol. The Balaban J connectivity index is 1.52. The first-order chi connectivity index (χ1) is 11.4. The van der Waals surface area contributed by atoms with E-state index in [2.05, 4.69) is 10.1 Å². The molecule has 6 nitrogen and oxygen atoms in total. The molecule has 1 spiro atoms. The number of hydrogen-bond acceptors (Lipinski definition) is 5. The summed E-state index contributed by atoms with van der Waals surface area (Å²) in [7, 11) is 0. The summed E-state index contributed by atoms with van der Waals surface area (Å²) in [5.41, 5.74) is 0.818. The van der Waals surface area contributed by atoms with Crippen LogP contribution in [0.25, 0.3) is 0 Å². The van der Waals surface area contributed by atoms with Crippen LogP contribution in [0.4, 0.5) is 4.79 Å². The number of nitrogens with zero attached hydrogens (tertiary/aromatic N) is 3. The van der Waals surface area contributed by atoms with Crippen LogP contribution in [0, 0.1) is 0 Å². The fourth-order valence-corrected chi connectivity index (χ4v) is 4.18. The molecule has 4 rings (SSSR count). The minimum absolute atomic E-state index is 0.0299. The second-order valence-corrected chi connectivity index (χ2v) is 7.92. The predicted octanol–water partition coefficient (Wildman–Crippen LogP) is 3.12. The number of carbonyl (C=O) groups is 1. The van der Waals surface area contributed by atoms with Crippen molar-refractivity contribution in [2.24, 2.45) is 5.16 Å². The van der Waals surface area contributed by atoms with Crippen molar-refractivity contribution in [1.29, 1.82) is 0 Å². The Morgan fingerprint density at radius 1 is 1.38 bits per heavy atom. The van der Waals surface area contributed by atoms with Crippen LogP contribution in [-0.2, 0) is 9.57 Å². The molecule has 0 saturated carbocycles. The molecule has 0 aromatic carbocycles.